The van der Waals surface area contributed by atoms with Crippen LogP contribution in [0.3, 0.4) is 0 Å². The Morgan fingerprint density at radius 2 is 1.76 bits per heavy atom. The van der Waals surface area contributed by atoms with E-state index in [9.17, 15) is 28.6 Å². The van der Waals surface area contributed by atoms with Crippen LogP contribution in [0.5, 0.6) is 5.75 Å². The van der Waals surface area contributed by atoms with Gasteiger partial charge in [0.25, 0.3) is 6.43 Å². The number of rotatable bonds is 10. The molecule has 1 fully saturated rings. The van der Waals surface area contributed by atoms with E-state index in [0.29, 0.717) is 48.5 Å². The number of nitrogens with zero attached hydrogens (tertiary/aromatic N) is 3. The average Bonchev–Trinajstić information content (AvgIpc) is 3.05. The molecule has 10 nitrogen and oxygen atoms in total. The second-order valence-corrected chi connectivity index (χ2v) is 11.5. The van der Waals surface area contributed by atoms with E-state index in [-0.39, 0.29) is 28.6 Å². The van der Waals surface area contributed by atoms with E-state index in [1.807, 2.05) is 19.1 Å². The van der Waals surface area contributed by atoms with Crippen LogP contribution in [0.1, 0.15) is 66.2 Å². The van der Waals surface area contributed by atoms with Gasteiger partial charge in [0.2, 0.25) is 6.79 Å². The number of esters is 2. The van der Waals surface area contributed by atoms with E-state index in [4.69, 9.17) is 9.47 Å². The molecule has 0 spiro atoms. The molecule has 0 saturated heterocycles. The number of nitrogens with one attached hydrogen (secondary N) is 1. The number of hydrogen-bond acceptors (Lipinski definition) is 10. The topological polar surface area (TPSA) is 144 Å². The Labute approximate surface area is 264 Å². The second kappa shape index (κ2) is 14.0. The Balaban J connectivity index is 1.16. The molecule has 0 amide bonds. The number of phenolic OH excluding ortho intramolecular Hbond substituents is 1. The molecule has 0 unspecified atom stereocenters. The average molecular weight is 633 g/mol. The van der Waals surface area contributed by atoms with E-state index >= 15 is 0 Å². The lowest BCUT2D eigenvalue weighted by Gasteiger charge is -2.37. The van der Waals surface area contributed by atoms with Gasteiger partial charge in [0, 0.05) is 23.5 Å². The number of benzene rings is 1. The fraction of sp³-hybridized carbons (Fsp3) is 0.324. The molecule has 1 atom stereocenters. The van der Waals surface area contributed by atoms with Crippen molar-refractivity contribution in [2.75, 3.05) is 12.1 Å². The summed E-state index contributed by atoms with van der Waals surface area (Å²) in [6, 6.07) is 15.7. The normalized spacial score (nSPS) is 17.6. The first-order valence-corrected chi connectivity index (χ1v) is 14.8. The standard InChI is InChI=1S/C34H34F2N4O6/c1-20-15-26(39-30(16-20)40-29-17-22(31(35)36)13-14-37-29)23-9-12-28(38-18-23)34(2,44)24-10-7-21(8-11-24)32(42)45-19-46-33(43)25-5-3-4-6-27(25)41/h3-6,9,12-18,21,24,31,41,44H,7-8,10-11,19H2,1-2H3,(H,37,39,40)/t21-,24-,34-/m1/s1. The lowest BCUT2D eigenvalue weighted by Crippen LogP contribution is -2.37. The number of anilines is 2. The van der Waals surface area contributed by atoms with Crippen LogP contribution in [0, 0.1) is 18.8 Å². The largest absolute Gasteiger partial charge is 0.507 e. The van der Waals surface area contributed by atoms with Crippen molar-refractivity contribution < 1.29 is 38.1 Å². The number of aromatic nitrogens is 3. The summed E-state index contributed by atoms with van der Waals surface area (Å²) in [5, 5.41) is 24.2. The summed E-state index contributed by atoms with van der Waals surface area (Å²) in [6.07, 6.45) is 2.43. The number of carbonyl (C=O) groups is 2. The van der Waals surface area contributed by atoms with Gasteiger partial charge in [0.05, 0.1) is 17.3 Å². The van der Waals surface area contributed by atoms with Crippen molar-refractivity contribution in [3.8, 4) is 17.0 Å². The van der Waals surface area contributed by atoms with Crippen molar-refractivity contribution in [2.24, 2.45) is 11.8 Å². The summed E-state index contributed by atoms with van der Waals surface area (Å²) < 4.78 is 36.3. The van der Waals surface area contributed by atoms with Crippen LogP contribution in [-0.4, -0.2) is 43.9 Å². The maximum absolute atomic E-state index is 13.1. The van der Waals surface area contributed by atoms with E-state index in [2.05, 4.69) is 20.3 Å². The van der Waals surface area contributed by atoms with Crippen LogP contribution in [0.2, 0.25) is 0 Å². The maximum Gasteiger partial charge on any atom is 0.344 e. The Morgan fingerprint density at radius 3 is 2.46 bits per heavy atom. The molecule has 1 saturated carbocycles. The molecule has 12 heteroatoms. The summed E-state index contributed by atoms with van der Waals surface area (Å²) in [6.45, 7) is 3.04. The third kappa shape index (κ3) is 7.63. The maximum atomic E-state index is 13.1. The van der Waals surface area contributed by atoms with Crippen molar-refractivity contribution in [3.63, 3.8) is 0 Å². The number of aromatic hydroxyl groups is 1. The third-order valence-corrected chi connectivity index (χ3v) is 8.21. The molecule has 0 aliphatic heterocycles. The molecular formula is C34H34F2N4O6. The number of carbonyl (C=O) groups excluding carboxylic acids is 2. The lowest BCUT2D eigenvalue weighted by atomic mass is 9.73. The van der Waals surface area contributed by atoms with E-state index in [1.165, 1.54) is 30.5 Å². The number of pyridine rings is 3. The molecule has 0 bridgehead atoms. The number of aliphatic hydroxyl groups is 1. The molecular weight excluding hydrogens is 598 g/mol. The van der Waals surface area contributed by atoms with Crippen molar-refractivity contribution in [1.29, 1.82) is 0 Å². The number of ether oxygens (including phenoxy) is 2. The van der Waals surface area contributed by atoms with Gasteiger partial charge in [0.1, 0.15) is 28.5 Å². The van der Waals surface area contributed by atoms with Gasteiger partial charge in [-0.15, -0.1) is 0 Å². The molecule has 240 valence electrons. The molecule has 46 heavy (non-hydrogen) atoms. The molecule has 1 aromatic carbocycles. The second-order valence-electron chi connectivity index (χ2n) is 11.5. The zero-order chi connectivity index (χ0) is 32.8. The monoisotopic (exact) mass is 632 g/mol. The van der Waals surface area contributed by atoms with Crippen LogP contribution < -0.4 is 5.32 Å². The minimum Gasteiger partial charge on any atom is -0.507 e. The minimum atomic E-state index is -2.61. The Bertz CT molecular complexity index is 1690. The molecule has 3 heterocycles. The Kier molecular flexibility index (Phi) is 9.86. The van der Waals surface area contributed by atoms with Gasteiger partial charge >= 0.3 is 11.9 Å². The molecule has 5 rings (SSSR count). The summed E-state index contributed by atoms with van der Waals surface area (Å²) in [7, 11) is 0. The summed E-state index contributed by atoms with van der Waals surface area (Å²) in [5.74, 6) is -1.36. The highest BCUT2D eigenvalue weighted by atomic mass is 19.3. The molecule has 1 aliphatic rings. The Hall–Kier alpha value is -4.97. The van der Waals surface area contributed by atoms with Crippen LogP contribution in [0.15, 0.2) is 73.1 Å². The quantitative estimate of drug-likeness (QED) is 0.129. The number of halogens is 2. The molecule has 3 N–H and O–H groups in total. The zero-order valence-corrected chi connectivity index (χ0v) is 25.3. The van der Waals surface area contributed by atoms with Crippen molar-refractivity contribution in [1.82, 2.24) is 15.0 Å². The lowest BCUT2D eigenvalue weighted by molar-refractivity contribution is -0.159. The summed E-state index contributed by atoms with van der Waals surface area (Å²) in [5.41, 5.74) is 1.26. The van der Waals surface area contributed by atoms with Crippen molar-refractivity contribution in [2.45, 2.75) is 51.6 Å². The SMILES string of the molecule is Cc1cc(Nc2cc(C(F)F)ccn2)nc(-c2ccc([C@](C)(O)[C@H]3CC[C@H](C(=O)OCOC(=O)c4ccccc4O)CC3)nc2)c1. The number of alkyl halides is 2. The van der Waals surface area contributed by atoms with E-state index in [0.717, 1.165) is 5.56 Å². The minimum absolute atomic E-state index is 0.0203. The summed E-state index contributed by atoms with van der Waals surface area (Å²) >= 11 is 0. The number of para-hydroxylation sites is 1. The van der Waals surface area contributed by atoms with Crippen molar-refractivity contribution in [3.05, 3.63) is 95.4 Å². The molecule has 4 aromatic rings. The van der Waals surface area contributed by atoms with Gasteiger partial charge in [-0.2, -0.15) is 0 Å². The van der Waals surface area contributed by atoms with Gasteiger partial charge in [-0.3, -0.25) is 9.78 Å². The smallest absolute Gasteiger partial charge is 0.344 e. The predicted molar refractivity (Wildman–Crippen MR) is 164 cm³/mol. The highest BCUT2D eigenvalue weighted by Crippen LogP contribution is 2.41. The van der Waals surface area contributed by atoms with Gasteiger partial charge in [-0.1, -0.05) is 12.1 Å². The fourth-order valence-corrected chi connectivity index (χ4v) is 5.59. The van der Waals surface area contributed by atoms with Gasteiger partial charge in [0.15, 0.2) is 0 Å². The third-order valence-electron chi connectivity index (χ3n) is 8.21. The number of hydrogen-bond donors (Lipinski definition) is 3. The van der Waals surface area contributed by atoms with Crippen LogP contribution in [0.25, 0.3) is 11.3 Å². The molecule has 1 aliphatic carbocycles. The number of phenols is 1. The zero-order valence-electron chi connectivity index (χ0n) is 25.3. The van der Waals surface area contributed by atoms with Gasteiger partial charge in [-0.05, 0) is 99.5 Å². The predicted octanol–water partition coefficient (Wildman–Crippen LogP) is 6.61. The van der Waals surface area contributed by atoms with Gasteiger partial charge in [-0.25, -0.2) is 23.5 Å². The molecule has 0 radical (unpaired) electrons. The number of aryl methyl sites for hydroxylation is 1. The van der Waals surface area contributed by atoms with Crippen molar-refractivity contribution >= 4 is 23.6 Å². The Morgan fingerprint density at radius 1 is 1.00 bits per heavy atom. The summed E-state index contributed by atoms with van der Waals surface area (Å²) in [4.78, 5) is 38.0. The highest BCUT2D eigenvalue weighted by Gasteiger charge is 2.39. The van der Waals surface area contributed by atoms with E-state index < -0.39 is 36.7 Å². The van der Waals surface area contributed by atoms with E-state index in [1.54, 1.807) is 37.4 Å². The highest BCUT2D eigenvalue weighted by molar-refractivity contribution is 5.92. The first-order chi connectivity index (χ1) is 22.0. The molecule has 3 aromatic heterocycles. The van der Waals surface area contributed by atoms with Gasteiger partial charge < -0.3 is 25.0 Å². The first-order valence-electron chi connectivity index (χ1n) is 14.8. The first kappa shape index (κ1) is 32.4. The van der Waals surface area contributed by atoms with Crippen LogP contribution in [0.4, 0.5) is 20.4 Å². The van der Waals surface area contributed by atoms with Crippen LogP contribution >= 0.6 is 0 Å². The fourth-order valence-electron chi connectivity index (χ4n) is 5.59. The van der Waals surface area contributed by atoms with Crippen LogP contribution in [-0.2, 0) is 19.9 Å².